The van der Waals surface area contributed by atoms with Crippen LogP contribution in [0.5, 0.6) is 0 Å². The van der Waals surface area contributed by atoms with Gasteiger partial charge in [0.15, 0.2) is 5.03 Å². The molecule has 4 N–H and O–H groups in total. The van der Waals surface area contributed by atoms with Crippen LogP contribution in [0.2, 0.25) is 0 Å². The lowest BCUT2D eigenvalue weighted by Gasteiger charge is -2.28. The fraction of sp³-hybridized carbons (Fsp3) is 0.727. The van der Waals surface area contributed by atoms with Gasteiger partial charge in [0.1, 0.15) is 5.82 Å². The number of hydrogen-bond acceptors (Lipinski definition) is 4. The second kappa shape index (κ2) is 4.64. The number of nitrogens with one attached hydrogen (secondary N) is 2. The van der Waals surface area contributed by atoms with Crippen molar-refractivity contribution in [2.75, 3.05) is 6.54 Å². The highest BCUT2D eigenvalue weighted by atomic mass is 32.2. The molecule has 1 saturated carbocycles. The highest BCUT2D eigenvalue weighted by Crippen LogP contribution is 2.39. The minimum Gasteiger partial charge on any atom is -0.332 e. The Morgan fingerprint density at radius 3 is 2.72 bits per heavy atom. The Bertz CT molecular complexity index is 521. The van der Waals surface area contributed by atoms with E-state index in [2.05, 4.69) is 14.7 Å². The van der Waals surface area contributed by atoms with Crippen molar-refractivity contribution in [2.24, 2.45) is 11.7 Å². The lowest BCUT2D eigenvalue weighted by Crippen LogP contribution is -2.53. The summed E-state index contributed by atoms with van der Waals surface area (Å²) < 4.78 is 27.2. The van der Waals surface area contributed by atoms with E-state index in [0.717, 1.165) is 12.8 Å². The molecule has 102 valence electrons. The normalized spacial score (nSPS) is 19.7. The second-order valence-corrected chi connectivity index (χ2v) is 6.70. The van der Waals surface area contributed by atoms with Gasteiger partial charge in [-0.25, -0.2) is 18.1 Å². The van der Waals surface area contributed by atoms with E-state index in [4.69, 9.17) is 5.73 Å². The van der Waals surface area contributed by atoms with Gasteiger partial charge in [0.25, 0.3) is 10.0 Å². The number of aromatic nitrogens is 2. The van der Waals surface area contributed by atoms with Crippen LogP contribution in [0.3, 0.4) is 0 Å². The Balaban J connectivity index is 2.20. The molecule has 0 saturated heterocycles. The largest absolute Gasteiger partial charge is 0.332 e. The molecule has 0 bridgehead atoms. The van der Waals surface area contributed by atoms with Gasteiger partial charge in [-0.05, 0) is 25.7 Å². The summed E-state index contributed by atoms with van der Waals surface area (Å²) in [6.07, 6.45) is 4.08. The third-order valence-electron chi connectivity index (χ3n) is 3.50. The maximum Gasteiger partial charge on any atom is 0.258 e. The quantitative estimate of drug-likeness (QED) is 0.696. The van der Waals surface area contributed by atoms with Crippen LogP contribution in [-0.4, -0.2) is 30.5 Å². The summed E-state index contributed by atoms with van der Waals surface area (Å²) in [5, 5.41) is 0.111. The summed E-state index contributed by atoms with van der Waals surface area (Å²) in [4.78, 5) is 6.82. The molecule has 1 aliphatic carbocycles. The fourth-order valence-electron chi connectivity index (χ4n) is 2.03. The van der Waals surface area contributed by atoms with Crippen molar-refractivity contribution in [2.45, 2.75) is 43.7 Å². The van der Waals surface area contributed by atoms with E-state index in [9.17, 15) is 8.42 Å². The van der Waals surface area contributed by atoms with E-state index < -0.39 is 15.6 Å². The number of nitrogens with two attached hydrogens (primary N) is 1. The monoisotopic (exact) mass is 272 g/mol. The van der Waals surface area contributed by atoms with Gasteiger partial charge >= 0.3 is 0 Å². The van der Waals surface area contributed by atoms with Crippen molar-refractivity contribution in [1.82, 2.24) is 14.7 Å². The summed E-state index contributed by atoms with van der Waals surface area (Å²) in [6, 6.07) is 0. The van der Waals surface area contributed by atoms with Crippen LogP contribution in [0.15, 0.2) is 11.2 Å². The van der Waals surface area contributed by atoms with Crippen molar-refractivity contribution in [1.29, 1.82) is 0 Å². The van der Waals surface area contributed by atoms with Crippen LogP contribution >= 0.6 is 0 Å². The summed E-state index contributed by atoms with van der Waals surface area (Å²) in [5.41, 5.74) is 5.15. The summed E-state index contributed by atoms with van der Waals surface area (Å²) in [7, 11) is -3.57. The highest BCUT2D eigenvalue weighted by Gasteiger charge is 2.43. The van der Waals surface area contributed by atoms with Gasteiger partial charge < -0.3 is 10.7 Å². The number of aromatic amines is 1. The van der Waals surface area contributed by atoms with Gasteiger partial charge in [0.2, 0.25) is 0 Å². The zero-order valence-corrected chi connectivity index (χ0v) is 11.5. The van der Waals surface area contributed by atoms with Crippen molar-refractivity contribution in [3.8, 4) is 0 Å². The molecule has 0 radical (unpaired) electrons. The molecule has 0 amide bonds. The van der Waals surface area contributed by atoms with Crippen LogP contribution in [0, 0.1) is 5.92 Å². The Morgan fingerprint density at radius 2 is 2.28 bits per heavy atom. The molecule has 1 atom stereocenters. The maximum atomic E-state index is 12.2. The minimum absolute atomic E-state index is 0.111. The summed E-state index contributed by atoms with van der Waals surface area (Å²) >= 11 is 0. The smallest absolute Gasteiger partial charge is 0.258 e. The van der Waals surface area contributed by atoms with Gasteiger partial charge in [-0.3, -0.25) is 0 Å². The molecule has 1 fully saturated rings. The third kappa shape index (κ3) is 2.57. The average molecular weight is 272 g/mol. The maximum absolute atomic E-state index is 12.2. The molecule has 1 heterocycles. The van der Waals surface area contributed by atoms with E-state index in [0.29, 0.717) is 24.7 Å². The van der Waals surface area contributed by atoms with Crippen molar-refractivity contribution >= 4 is 10.0 Å². The lowest BCUT2D eigenvalue weighted by atomic mass is 9.98. The molecule has 1 unspecified atom stereocenters. The van der Waals surface area contributed by atoms with E-state index in [1.807, 2.05) is 13.8 Å². The molecule has 1 aromatic heterocycles. The van der Waals surface area contributed by atoms with Gasteiger partial charge in [0, 0.05) is 18.5 Å². The highest BCUT2D eigenvalue weighted by molar-refractivity contribution is 7.89. The average Bonchev–Trinajstić information content (AvgIpc) is 3.06. The Morgan fingerprint density at radius 1 is 1.61 bits per heavy atom. The number of imidazole rings is 1. The van der Waals surface area contributed by atoms with Crippen LogP contribution in [0.1, 0.15) is 32.5 Å². The molecule has 0 aliphatic heterocycles. The number of hydrogen-bond donors (Lipinski definition) is 3. The Kier molecular flexibility index (Phi) is 3.48. The molecule has 1 aliphatic rings. The molecule has 2 rings (SSSR count). The first-order valence-electron chi connectivity index (χ1n) is 6.19. The summed E-state index contributed by atoms with van der Waals surface area (Å²) in [5.74, 6) is 1.00. The van der Waals surface area contributed by atoms with Crippen LogP contribution < -0.4 is 10.5 Å². The van der Waals surface area contributed by atoms with E-state index in [1.54, 1.807) is 0 Å². The first kappa shape index (κ1) is 13.5. The van der Waals surface area contributed by atoms with Gasteiger partial charge in [-0.15, -0.1) is 0 Å². The van der Waals surface area contributed by atoms with Crippen LogP contribution in [-0.2, 0) is 16.4 Å². The molecule has 7 heteroatoms. The van der Waals surface area contributed by atoms with Gasteiger partial charge in [-0.1, -0.05) is 6.92 Å². The Labute approximate surface area is 107 Å². The summed E-state index contributed by atoms with van der Waals surface area (Å²) in [6.45, 7) is 4.07. The molecule has 0 spiro atoms. The zero-order chi connectivity index (χ0) is 13.4. The van der Waals surface area contributed by atoms with Gasteiger partial charge in [0.05, 0.1) is 6.20 Å². The molecular formula is C11H20N4O2S. The minimum atomic E-state index is -3.57. The molecule has 0 aromatic carbocycles. The lowest BCUT2D eigenvalue weighted by molar-refractivity contribution is 0.373. The van der Waals surface area contributed by atoms with Crippen LogP contribution in [0.4, 0.5) is 0 Å². The SMILES string of the molecule is CCc1ncc(S(=O)(=O)NC(C)(CN)C2CC2)[nH]1. The molecule has 1 aromatic rings. The predicted octanol–water partition coefficient (Wildman–Crippen LogP) is 0.378. The van der Waals surface area contributed by atoms with Crippen LogP contribution in [0.25, 0.3) is 0 Å². The molecule has 18 heavy (non-hydrogen) atoms. The Hall–Kier alpha value is -0.920. The number of sulfonamides is 1. The number of nitrogens with zero attached hydrogens (tertiary/aromatic N) is 1. The molecule has 6 nitrogen and oxygen atoms in total. The van der Waals surface area contributed by atoms with Crippen molar-refractivity contribution in [3.05, 3.63) is 12.0 Å². The van der Waals surface area contributed by atoms with E-state index in [-0.39, 0.29) is 5.03 Å². The molecular weight excluding hydrogens is 252 g/mol. The number of rotatable bonds is 6. The van der Waals surface area contributed by atoms with E-state index >= 15 is 0 Å². The first-order valence-corrected chi connectivity index (χ1v) is 7.67. The van der Waals surface area contributed by atoms with Crippen molar-refractivity contribution < 1.29 is 8.42 Å². The van der Waals surface area contributed by atoms with Crippen molar-refractivity contribution in [3.63, 3.8) is 0 Å². The predicted molar refractivity (Wildman–Crippen MR) is 68.5 cm³/mol. The fourth-order valence-corrected chi connectivity index (χ4v) is 3.45. The topological polar surface area (TPSA) is 101 Å². The number of H-pyrrole nitrogens is 1. The zero-order valence-electron chi connectivity index (χ0n) is 10.7. The van der Waals surface area contributed by atoms with E-state index in [1.165, 1.54) is 6.20 Å². The standard InChI is InChI=1S/C11H20N4O2S/c1-3-9-13-6-10(14-9)18(16,17)15-11(2,7-12)8-4-5-8/h6,8,15H,3-5,7,12H2,1-2H3,(H,13,14). The first-order chi connectivity index (χ1) is 8.41. The second-order valence-electron chi connectivity index (χ2n) is 5.05. The number of aryl methyl sites for hydroxylation is 1. The third-order valence-corrected chi connectivity index (χ3v) is 5.02. The van der Waals surface area contributed by atoms with Gasteiger partial charge in [-0.2, -0.15) is 0 Å².